The van der Waals surface area contributed by atoms with Crippen LogP contribution < -0.4 is 4.74 Å². The van der Waals surface area contributed by atoms with Crippen LogP contribution in [-0.4, -0.2) is 12.1 Å². The van der Waals surface area contributed by atoms with Gasteiger partial charge in [-0.3, -0.25) is 0 Å². The second kappa shape index (κ2) is 9.36. The van der Waals surface area contributed by atoms with Crippen molar-refractivity contribution in [3.05, 3.63) is 126 Å². The Morgan fingerprint density at radius 3 is 1.74 bits per heavy atom. The maximum Gasteiger partial charge on any atom is 0.347 e. The van der Waals surface area contributed by atoms with Crippen molar-refractivity contribution < 1.29 is 18.7 Å². The van der Waals surface area contributed by atoms with E-state index in [0.717, 1.165) is 32.7 Å². The maximum absolute atomic E-state index is 13.2. The van der Waals surface area contributed by atoms with E-state index in [4.69, 9.17) is 9.47 Å². The summed E-state index contributed by atoms with van der Waals surface area (Å²) in [5, 5.41) is 4.17. The number of hydrogen-bond donors (Lipinski definition) is 0. The Hall–Kier alpha value is -4.18. The summed E-state index contributed by atoms with van der Waals surface area (Å²) in [5.41, 5.74) is 1.80. The molecule has 0 N–H and O–H groups in total. The third kappa shape index (κ3) is 4.35. The summed E-state index contributed by atoms with van der Waals surface area (Å²) in [7, 11) is 0. The van der Waals surface area contributed by atoms with Gasteiger partial charge >= 0.3 is 5.97 Å². The van der Waals surface area contributed by atoms with Crippen LogP contribution in [0.15, 0.2) is 109 Å². The van der Waals surface area contributed by atoms with Gasteiger partial charge in [0, 0.05) is 11.1 Å². The highest BCUT2D eigenvalue weighted by atomic mass is 19.1. The molecule has 0 heterocycles. The van der Waals surface area contributed by atoms with E-state index in [-0.39, 0.29) is 5.82 Å². The van der Waals surface area contributed by atoms with Crippen molar-refractivity contribution in [3.63, 3.8) is 0 Å². The van der Waals surface area contributed by atoms with Crippen molar-refractivity contribution in [2.75, 3.05) is 0 Å². The van der Waals surface area contributed by atoms with E-state index >= 15 is 0 Å². The summed E-state index contributed by atoms with van der Waals surface area (Å²) in [6.07, 6.45) is -1.51. The molecule has 0 radical (unpaired) electrons. The zero-order chi connectivity index (χ0) is 23.5. The zero-order valence-corrected chi connectivity index (χ0v) is 18.6. The predicted molar refractivity (Wildman–Crippen MR) is 132 cm³/mol. The number of carbonyl (C=O) groups is 1. The minimum atomic E-state index is -0.877. The van der Waals surface area contributed by atoms with Crippen molar-refractivity contribution in [2.24, 2.45) is 0 Å². The van der Waals surface area contributed by atoms with E-state index in [1.54, 1.807) is 6.92 Å². The molecule has 3 nitrogen and oxygen atoms in total. The van der Waals surface area contributed by atoms with Gasteiger partial charge < -0.3 is 9.47 Å². The van der Waals surface area contributed by atoms with Crippen LogP contribution >= 0.6 is 0 Å². The van der Waals surface area contributed by atoms with E-state index in [1.807, 2.05) is 84.9 Å². The van der Waals surface area contributed by atoms with Crippen LogP contribution in [0.4, 0.5) is 4.39 Å². The molecule has 0 amide bonds. The molecular formula is C30H23FO3. The molecule has 0 bridgehead atoms. The SMILES string of the molecule is C[C@@H](Oc1ccc(F)cc1)C(=O)OC(c1cccc2ccccc12)c1cccc2ccccc12. The van der Waals surface area contributed by atoms with Gasteiger partial charge in [0.05, 0.1) is 0 Å². The minimum absolute atomic E-state index is 0.366. The molecule has 0 spiro atoms. The fraction of sp³-hybridized carbons (Fsp3) is 0.100. The summed E-state index contributed by atoms with van der Waals surface area (Å²) in [4.78, 5) is 13.2. The molecular weight excluding hydrogens is 427 g/mol. The summed E-state index contributed by atoms with van der Waals surface area (Å²) in [6.45, 7) is 1.63. The van der Waals surface area contributed by atoms with Gasteiger partial charge in [0.15, 0.2) is 12.2 Å². The van der Waals surface area contributed by atoms with Crippen LogP contribution in [0.3, 0.4) is 0 Å². The minimum Gasteiger partial charge on any atom is -0.479 e. The number of halogens is 1. The summed E-state index contributed by atoms with van der Waals surface area (Å²) in [6, 6.07) is 33.7. The highest BCUT2D eigenvalue weighted by Gasteiger charge is 2.26. The van der Waals surface area contributed by atoms with Gasteiger partial charge in [-0.2, -0.15) is 0 Å². The highest BCUT2D eigenvalue weighted by Crippen LogP contribution is 2.36. The number of esters is 1. The Kier molecular flexibility index (Phi) is 5.96. The lowest BCUT2D eigenvalue weighted by atomic mass is 9.92. The molecule has 168 valence electrons. The second-order valence-corrected chi connectivity index (χ2v) is 8.17. The van der Waals surface area contributed by atoms with E-state index in [2.05, 4.69) is 0 Å². The van der Waals surface area contributed by atoms with Crippen molar-refractivity contribution in [3.8, 4) is 5.75 Å². The first-order valence-electron chi connectivity index (χ1n) is 11.2. The number of ether oxygens (including phenoxy) is 2. The average Bonchev–Trinajstić information content (AvgIpc) is 2.88. The molecule has 0 fully saturated rings. The van der Waals surface area contributed by atoms with Gasteiger partial charge in [-0.1, -0.05) is 84.9 Å². The quantitative estimate of drug-likeness (QED) is 0.256. The zero-order valence-electron chi connectivity index (χ0n) is 18.6. The van der Waals surface area contributed by atoms with Crippen LogP contribution in [0.1, 0.15) is 24.2 Å². The fourth-order valence-electron chi connectivity index (χ4n) is 4.23. The highest BCUT2D eigenvalue weighted by molar-refractivity contribution is 5.90. The molecule has 0 unspecified atom stereocenters. The first-order valence-corrected chi connectivity index (χ1v) is 11.2. The molecule has 5 aromatic rings. The average molecular weight is 451 g/mol. The Bertz CT molecular complexity index is 1370. The lowest BCUT2D eigenvalue weighted by Gasteiger charge is -2.24. The van der Waals surface area contributed by atoms with Gasteiger partial charge in [0.2, 0.25) is 0 Å². The first kappa shape index (κ1) is 21.7. The lowest BCUT2D eigenvalue weighted by molar-refractivity contribution is -0.155. The van der Waals surface area contributed by atoms with E-state index < -0.39 is 18.2 Å². The third-order valence-corrected chi connectivity index (χ3v) is 5.90. The van der Waals surface area contributed by atoms with Crippen LogP contribution in [0.2, 0.25) is 0 Å². The molecule has 4 heteroatoms. The molecule has 1 atom stereocenters. The molecule has 0 aromatic heterocycles. The largest absolute Gasteiger partial charge is 0.479 e. The lowest BCUT2D eigenvalue weighted by Crippen LogP contribution is -2.28. The summed E-state index contributed by atoms with van der Waals surface area (Å²) in [5.74, 6) is -0.470. The molecule has 0 saturated carbocycles. The first-order chi connectivity index (χ1) is 16.6. The van der Waals surface area contributed by atoms with Crippen molar-refractivity contribution >= 4 is 27.5 Å². The Balaban J connectivity index is 1.55. The van der Waals surface area contributed by atoms with Gasteiger partial charge in [0.1, 0.15) is 11.6 Å². The van der Waals surface area contributed by atoms with Gasteiger partial charge in [-0.15, -0.1) is 0 Å². The predicted octanol–water partition coefficient (Wildman–Crippen LogP) is 7.23. The molecule has 0 aliphatic carbocycles. The Labute approximate surface area is 197 Å². The topological polar surface area (TPSA) is 35.5 Å². The molecule has 5 rings (SSSR count). The number of fused-ring (bicyclic) bond motifs is 2. The number of benzene rings is 5. The van der Waals surface area contributed by atoms with E-state index in [9.17, 15) is 9.18 Å². The monoisotopic (exact) mass is 450 g/mol. The standard InChI is InChI=1S/C30H23FO3/c1-20(33-24-18-16-23(31)17-19-24)30(32)34-29(27-14-6-10-21-8-2-4-12-25(21)27)28-15-7-11-22-9-3-5-13-26(22)28/h2-20,29H,1H3/t20-/m1/s1. The van der Waals surface area contributed by atoms with Crippen LogP contribution in [0, 0.1) is 5.82 Å². The van der Waals surface area contributed by atoms with E-state index in [0.29, 0.717) is 5.75 Å². The second-order valence-electron chi connectivity index (χ2n) is 8.17. The molecule has 0 saturated heterocycles. The number of carbonyl (C=O) groups excluding carboxylic acids is 1. The van der Waals surface area contributed by atoms with Crippen LogP contribution in [0.5, 0.6) is 5.75 Å². The Morgan fingerprint density at radius 2 is 1.18 bits per heavy atom. The molecule has 34 heavy (non-hydrogen) atoms. The van der Waals surface area contributed by atoms with E-state index in [1.165, 1.54) is 24.3 Å². The Morgan fingerprint density at radius 1 is 0.676 bits per heavy atom. The van der Waals surface area contributed by atoms with Crippen LogP contribution in [-0.2, 0) is 9.53 Å². The smallest absolute Gasteiger partial charge is 0.347 e. The van der Waals surface area contributed by atoms with Crippen molar-refractivity contribution in [2.45, 2.75) is 19.1 Å². The molecule has 0 aliphatic heterocycles. The number of hydrogen-bond acceptors (Lipinski definition) is 3. The van der Waals surface area contributed by atoms with Gasteiger partial charge in [-0.25, -0.2) is 9.18 Å². The van der Waals surface area contributed by atoms with Gasteiger partial charge in [-0.05, 0) is 52.7 Å². The molecule has 5 aromatic carbocycles. The van der Waals surface area contributed by atoms with Crippen molar-refractivity contribution in [1.29, 1.82) is 0 Å². The summed E-state index contributed by atoms with van der Waals surface area (Å²) >= 11 is 0. The fourth-order valence-corrected chi connectivity index (χ4v) is 4.23. The van der Waals surface area contributed by atoms with Gasteiger partial charge in [0.25, 0.3) is 0 Å². The normalized spacial score (nSPS) is 12.1. The summed E-state index contributed by atoms with van der Waals surface area (Å²) < 4.78 is 25.1. The molecule has 0 aliphatic rings. The third-order valence-electron chi connectivity index (χ3n) is 5.90. The van der Waals surface area contributed by atoms with Crippen LogP contribution in [0.25, 0.3) is 21.5 Å². The van der Waals surface area contributed by atoms with Crippen molar-refractivity contribution in [1.82, 2.24) is 0 Å². The number of rotatable bonds is 6. The maximum atomic E-state index is 13.2.